The highest BCUT2D eigenvalue weighted by molar-refractivity contribution is 5.35. The van der Waals surface area contributed by atoms with E-state index in [2.05, 4.69) is 29.0 Å². The van der Waals surface area contributed by atoms with E-state index >= 15 is 0 Å². The molecule has 0 atom stereocenters. The molecule has 1 nitrogen and oxygen atoms in total. The van der Waals surface area contributed by atoms with Gasteiger partial charge in [-0.25, -0.2) is 0 Å². The van der Waals surface area contributed by atoms with Crippen molar-refractivity contribution in [2.75, 3.05) is 19.6 Å². The van der Waals surface area contributed by atoms with Gasteiger partial charge in [0.15, 0.2) is 0 Å². The molecule has 84 valence electrons. The Labute approximate surface area is 98.5 Å². The van der Waals surface area contributed by atoms with Gasteiger partial charge in [0, 0.05) is 12.1 Å². The second-order valence-electron chi connectivity index (χ2n) is 4.50. The fourth-order valence-corrected chi connectivity index (χ4v) is 2.29. The van der Waals surface area contributed by atoms with Gasteiger partial charge in [0.1, 0.15) is 0 Å². The summed E-state index contributed by atoms with van der Waals surface area (Å²) in [6.45, 7) is 3.72. The quantitative estimate of drug-likeness (QED) is 0.698. The van der Waals surface area contributed by atoms with E-state index in [1.165, 1.54) is 44.5 Å². The first-order valence-corrected chi connectivity index (χ1v) is 6.16. The number of terminal acetylenes is 1. The zero-order valence-corrected chi connectivity index (χ0v) is 9.78. The SMILES string of the molecule is C#Cc1cccc(CCN2CCCCC2)c1. The Kier molecular flexibility index (Phi) is 4.02. The number of hydrogen-bond acceptors (Lipinski definition) is 1. The van der Waals surface area contributed by atoms with Crippen LogP contribution in [-0.2, 0) is 6.42 Å². The molecule has 1 heterocycles. The summed E-state index contributed by atoms with van der Waals surface area (Å²) in [4.78, 5) is 2.56. The number of piperidine rings is 1. The van der Waals surface area contributed by atoms with Crippen molar-refractivity contribution in [3.8, 4) is 12.3 Å². The van der Waals surface area contributed by atoms with Gasteiger partial charge >= 0.3 is 0 Å². The van der Waals surface area contributed by atoms with Crippen LogP contribution >= 0.6 is 0 Å². The predicted molar refractivity (Wildman–Crippen MR) is 68.4 cm³/mol. The van der Waals surface area contributed by atoms with Crippen LogP contribution in [0.3, 0.4) is 0 Å². The van der Waals surface area contributed by atoms with E-state index in [9.17, 15) is 0 Å². The van der Waals surface area contributed by atoms with Crippen molar-refractivity contribution in [3.05, 3.63) is 35.4 Å². The first-order chi connectivity index (χ1) is 7.88. The molecular weight excluding hydrogens is 194 g/mol. The molecule has 0 bridgehead atoms. The average Bonchev–Trinajstić information content (AvgIpc) is 2.38. The van der Waals surface area contributed by atoms with Gasteiger partial charge in [-0.15, -0.1) is 6.42 Å². The summed E-state index contributed by atoms with van der Waals surface area (Å²) in [6.07, 6.45) is 10.7. The van der Waals surface area contributed by atoms with Crippen LogP contribution in [0.15, 0.2) is 24.3 Å². The summed E-state index contributed by atoms with van der Waals surface area (Å²) >= 11 is 0. The van der Waals surface area contributed by atoms with E-state index < -0.39 is 0 Å². The molecule has 0 amide bonds. The van der Waals surface area contributed by atoms with E-state index in [1.807, 2.05) is 6.07 Å². The van der Waals surface area contributed by atoms with Crippen LogP contribution in [0, 0.1) is 12.3 Å². The van der Waals surface area contributed by atoms with Crippen molar-refractivity contribution in [1.82, 2.24) is 4.90 Å². The molecular formula is C15H19N. The number of benzene rings is 1. The van der Waals surface area contributed by atoms with E-state index in [0.717, 1.165) is 12.0 Å². The van der Waals surface area contributed by atoms with E-state index in [1.54, 1.807) is 0 Å². The molecule has 1 fully saturated rings. The predicted octanol–water partition coefficient (Wildman–Crippen LogP) is 2.70. The Morgan fingerprint density at radius 1 is 1.19 bits per heavy atom. The largest absolute Gasteiger partial charge is 0.303 e. The minimum absolute atomic E-state index is 0.996. The first kappa shape index (κ1) is 11.2. The summed E-state index contributed by atoms with van der Waals surface area (Å²) < 4.78 is 0. The lowest BCUT2D eigenvalue weighted by molar-refractivity contribution is 0.231. The Hall–Kier alpha value is -1.26. The van der Waals surface area contributed by atoms with Gasteiger partial charge < -0.3 is 4.90 Å². The maximum Gasteiger partial charge on any atom is 0.0245 e. The van der Waals surface area contributed by atoms with Crippen LogP contribution in [0.4, 0.5) is 0 Å². The van der Waals surface area contributed by atoms with Gasteiger partial charge in [0.05, 0.1) is 0 Å². The third-order valence-corrected chi connectivity index (χ3v) is 3.26. The van der Waals surface area contributed by atoms with Gasteiger partial charge in [-0.2, -0.15) is 0 Å². The van der Waals surface area contributed by atoms with E-state index in [0.29, 0.717) is 0 Å². The molecule has 16 heavy (non-hydrogen) atoms. The molecule has 1 aliphatic rings. The van der Waals surface area contributed by atoms with Gasteiger partial charge in [0.2, 0.25) is 0 Å². The summed E-state index contributed by atoms with van der Waals surface area (Å²) in [7, 11) is 0. The first-order valence-electron chi connectivity index (χ1n) is 6.16. The highest BCUT2D eigenvalue weighted by Gasteiger charge is 2.09. The highest BCUT2D eigenvalue weighted by atomic mass is 15.1. The normalized spacial score (nSPS) is 16.9. The minimum Gasteiger partial charge on any atom is -0.303 e. The molecule has 0 N–H and O–H groups in total. The molecule has 1 aromatic carbocycles. The van der Waals surface area contributed by atoms with Crippen LogP contribution in [0.5, 0.6) is 0 Å². The molecule has 1 saturated heterocycles. The average molecular weight is 213 g/mol. The monoisotopic (exact) mass is 213 g/mol. The number of likely N-dealkylation sites (tertiary alicyclic amines) is 1. The summed E-state index contributed by atoms with van der Waals surface area (Å²) in [5.41, 5.74) is 2.36. The summed E-state index contributed by atoms with van der Waals surface area (Å²) in [5, 5.41) is 0. The Bertz CT molecular complexity index is 369. The summed E-state index contributed by atoms with van der Waals surface area (Å²) in [6, 6.07) is 8.35. The van der Waals surface area contributed by atoms with Crippen molar-refractivity contribution in [2.45, 2.75) is 25.7 Å². The Balaban J connectivity index is 1.86. The van der Waals surface area contributed by atoms with E-state index in [4.69, 9.17) is 6.42 Å². The van der Waals surface area contributed by atoms with E-state index in [-0.39, 0.29) is 0 Å². The third-order valence-electron chi connectivity index (χ3n) is 3.26. The van der Waals surface area contributed by atoms with Gasteiger partial charge in [-0.1, -0.05) is 24.5 Å². The lowest BCUT2D eigenvalue weighted by Gasteiger charge is -2.26. The molecule has 1 aliphatic heterocycles. The zero-order chi connectivity index (χ0) is 11.2. The van der Waals surface area contributed by atoms with Crippen LogP contribution < -0.4 is 0 Å². The van der Waals surface area contributed by atoms with Crippen molar-refractivity contribution >= 4 is 0 Å². The fraction of sp³-hybridized carbons (Fsp3) is 0.467. The van der Waals surface area contributed by atoms with Crippen molar-refractivity contribution in [2.24, 2.45) is 0 Å². The maximum absolute atomic E-state index is 5.40. The fourth-order valence-electron chi connectivity index (χ4n) is 2.29. The molecule has 1 aromatic rings. The number of rotatable bonds is 3. The molecule has 0 spiro atoms. The molecule has 0 aliphatic carbocycles. The van der Waals surface area contributed by atoms with Crippen LogP contribution in [-0.4, -0.2) is 24.5 Å². The topological polar surface area (TPSA) is 3.24 Å². The Morgan fingerprint density at radius 3 is 2.75 bits per heavy atom. The maximum atomic E-state index is 5.40. The van der Waals surface area contributed by atoms with Crippen molar-refractivity contribution < 1.29 is 0 Å². The standard InChI is InChI=1S/C15H19N/c1-2-14-7-6-8-15(13-14)9-12-16-10-4-3-5-11-16/h1,6-8,13H,3-5,9-12H2. The van der Waals surface area contributed by atoms with Crippen LogP contribution in [0.2, 0.25) is 0 Å². The smallest absolute Gasteiger partial charge is 0.0245 e. The molecule has 1 heteroatoms. The molecule has 0 saturated carbocycles. The van der Waals surface area contributed by atoms with Crippen LogP contribution in [0.25, 0.3) is 0 Å². The van der Waals surface area contributed by atoms with Crippen LogP contribution in [0.1, 0.15) is 30.4 Å². The second kappa shape index (κ2) is 5.72. The lowest BCUT2D eigenvalue weighted by atomic mass is 10.1. The lowest BCUT2D eigenvalue weighted by Crippen LogP contribution is -2.31. The van der Waals surface area contributed by atoms with Gasteiger partial charge in [0.25, 0.3) is 0 Å². The van der Waals surface area contributed by atoms with Crippen molar-refractivity contribution in [1.29, 1.82) is 0 Å². The Morgan fingerprint density at radius 2 is 2.00 bits per heavy atom. The third kappa shape index (κ3) is 3.12. The minimum atomic E-state index is 0.996. The molecule has 0 unspecified atom stereocenters. The molecule has 0 radical (unpaired) electrons. The zero-order valence-electron chi connectivity index (χ0n) is 9.78. The second-order valence-corrected chi connectivity index (χ2v) is 4.50. The highest BCUT2D eigenvalue weighted by Crippen LogP contribution is 2.10. The number of nitrogens with zero attached hydrogens (tertiary/aromatic N) is 1. The molecule has 2 rings (SSSR count). The van der Waals surface area contributed by atoms with Gasteiger partial charge in [-0.05, 0) is 50.0 Å². The van der Waals surface area contributed by atoms with Gasteiger partial charge in [-0.3, -0.25) is 0 Å². The van der Waals surface area contributed by atoms with Crippen molar-refractivity contribution in [3.63, 3.8) is 0 Å². The number of hydrogen-bond donors (Lipinski definition) is 0. The molecule has 0 aromatic heterocycles. The summed E-state index contributed by atoms with van der Waals surface area (Å²) in [5.74, 6) is 2.69.